The lowest BCUT2D eigenvalue weighted by atomic mass is 10.1. The summed E-state index contributed by atoms with van der Waals surface area (Å²) in [5, 5.41) is 11.7. The molecule has 1 fully saturated rings. The van der Waals surface area contributed by atoms with Crippen LogP contribution in [0, 0.1) is 0 Å². The number of piperidine rings is 1. The van der Waals surface area contributed by atoms with Crippen molar-refractivity contribution in [2.75, 3.05) is 23.7 Å². The van der Waals surface area contributed by atoms with Gasteiger partial charge in [0.2, 0.25) is 5.95 Å². The van der Waals surface area contributed by atoms with Crippen LogP contribution < -0.4 is 16.0 Å². The Morgan fingerprint density at radius 3 is 2.43 bits per heavy atom. The molecular weight excluding hydrogens is 544 g/mol. The number of nitrogens with zero attached hydrogens (tertiary/aromatic N) is 3. The quantitative estimate of drug-likeness (QED) is 0.218. The number of hydrogen-bond acceptors (Lipinski definition) is 7. The van der Waals surface area contributed by atoms with Gasteiger partial charge in [-0.3, -0.25) is 0 Å². The number of alkyl halides is 3. The molecule has 12 heteroatoms. The van der Waals surface area contributed by atoms with Gasteiger partial charge in [0.05, 0.1) is 5.56 Å². The number of fused-ring (bicyclic) bond motifs is 1. The molecule has 3 N–H and O–H groups in total. The number of anilines is 3. The van der Waals surface area contributed by atoms with E-state index in [1.54, 1.807) is 18.2 Å². The summed E-state index contributed by atoms with van der Waals surface area (Å²) in [6, 6.07) is 10.4. The number of halogens is 5. The number of nitrogens with one attached hydrogen (secondary N) is 3. The van der Waals surface area contributed by atoms with E-state index in [9.17, 15) is 13.2 Å². The van der Waals surface area contributed by atoms with Crippen LogP contribution in [0.2, 0.25) is 10.0 Å². The zero-order valence-electron chi connectivity index (χ0n) is 19.5. The van der Waals surface area contributed by atoms with Crippen LogP contribution in [0.1, 0.15) is 35.4 Å². The van der Waals surface area contributed by atoms with E-state index in [2.05, 4.69) is 25.9 Å². The summed E-state index contributed by atoms with van der Waals surface area (Å²) in [5.74, 6) is 0.817. The Morgan fingerprint density at radius 1 is 1.00 bits per heavy atom. The Labute approximate surface area is 225 Å². The summed E-state index contributed by atoms with van der Waals surface area (Å²) in [4.78, 5) is 14.7. The van der Waals surface area contributed by atoms with Crippen LogP contribution >= 0.6 is 34.5 Å². The molecule has 1 unspecified atom stereocenters. The first-order valence-electron chi connectivity index (χ1n) is 11.8. The molecule has 1 atom stereocenters. The summed E-state index contributed by atoms with van der Waals surface area (Å²) in [5.41, 5.74) is 1.01. The van der Waals surface area contributed by atoms with E-state index in [1.807, 2.05) is 0 Å². The molecule has 0 bridgehead atoms. The minimum absolute atomic E-state index is 0.318. The van der Waals surface area contributed by atoms with E-state index in [0.717, 1.165) is 35.7 Å². The fourth-order valence-electron chi connectivity index (χ4n) is 4.15. The number of thiazole rings is 1. The third-order valence-corrected chi connectivity index (χ3v) is 7.74. The first-order valence-corrected chi connectivity index (χ1v) is 13.4. The van der Waals surface area contributed by atoms with Crippen LogP contribution in [0.5, 0.6) is 0 Å². The second-order valence-electron chi connectivity index (χ2n) is 8.76. The van der Waals surface area contributed by atoms with Crippen LogP contribution in [0.15, 0.2) is 42.5 Å². The Hall–Kier alpha value is -2.66. The molecule has 0 spiro atoms. The molecule has 1 saturated heterocycles. The van der Waals surface area contributed by atoms with Crippen molar-refractivity contribution in [1.29, 1.82) is 0 Å². The summed E-state index contributed by atoms with van der Waals surface area (Å²) < 4.78 is 39.0. The van der Waals surface area contributed by atoms with E-state index >= 15 is 0 Å². The first-order chi connectivity index (χ1) is 17.8. The molecule has 1 aliphatic rings. The van der Waals surface area contributed by atoms with Crippen molar-refractivity contribution in [3.8, 4) is 0 Å². The molecule has 0 aliphatic carbocycles. The Bertz CT molecular complexity index is 1370. The molecule has 5 rings (SSSR count). The topological polar surface area (TPSA) is 74.8 Å². The van der Waals surface area contributed by atoms with E-state index in [1.165, 1.54) is 36.3 Å². The van der Waals surface area contributed by atoms with Gasteiger partial charge in [0, 0.05) is 34.7 Å². The standard InChI is InChI=1S/C25H23Cl2F3N6S/c26-18-5-3-6-19(27)17(18)12-20-34-21-22(33-15-9-7-14(8-10-15)25(28,29)30)35-24(36-23(21)37-20)32-13-16-4-1-2-11-31-16/h3,5-10,16,31H,1-2,4,11-13H2,(H2,32,33,35,36). The minimum Gasteiger partial charge on any atom is -0.353 e. The van der Waals surface area contributed by atoms with Crippen molar-refractivity contribution in [3.05, 3.63) is 68.6 Å². The first kappa shape index (κ1) is 26.0. The largest absolute Gasteiger partial charge is 0.416 e. The molecule has 37 heavy (non-hydrogen) atoms. The van der Waals surface area contributed by atoms with Gasteiger partial charge in [-0.2, -0.15) is 18.2 Å². The second kappa shape index (κ2) is 11.0. The highest BCUT2D eigenvalue weighted by atomic mass is 35.5. The molecule has 1 aliphatic heterocycles. The monoisotopic (exact) mass is 566 g/mol. The molecule has 6 nitrogen and oxygen atoms in total. The molecular formula is C25H23Cl2F3N6S. The maximum Gasteiger partial charge on any atom is 0.416 e. The zero-order valence-corrected chi connectivity index (χ0v) is 21.8. The maximum absolute atomic E-state index is 13.0. The molecule has 0 amide bonds. The molecule has 3 heterocycles. The average Bonchev–Trinajstić information content (AvgIpc) is 3.28. The predicted molar refractivity (Wildman–Crippen MR) is 143 cm³/mol. The number of rotatable bonds is 7. The van der Waals surface area contributed by atoms with E-state index in [-0.39, 0.29) is 0 Å². The summed E-state index contributed by atoms with van der Waals surface area (Å²) in [6.45, 7) is 1.64. The molecule has 2 aromatic carbocycles. The molecule has 0 saturated carbocycles. The Balaban J connectivity index is 1.46. The number of hydrogen-bond donors (Lipinski definition) is 3. The van der Waals surface area contributed by atoms with Crippen molar-refractivity contribution in [2.45, 2.75) is 37.9 Å². The van der Waals surface area contributed by atoms with Crippen molar-refractivity contribution in [2.24, 2.45) is 0 Å². The predicted octanol–water partition coefficient (Wildman–Crippen LogP) is 7.30. The van der Waals surface area contributed by atoms with Crippen LogP contribution in [-0.2, 0) is 12.6 Å². The van der Waals surface area contributed by atoms with Gasteiger partial charge in [-0.15, -0.1) is 0 Å². The van der Waals surface area contributed by atoms with Gasteiger partial charge in [0.1, 0.15) is 10.5 Å². The highest BCUT2D eigenvalue weighted by molar-refractivity contribution is 7.18. The maximum atomic E-state index is 13.0. The van der Waals surface area contributed by atoms with Gasteiger partial charge in [-0.25, -0.2) is 9.97 Å². The van der Waals surface area contributed by atoms with E-state index in [0.29, 0.717) is 56.9 Å². The highest BCUT2D eigenvalue weighted by Crippen LogP contribution is 2.34. The van der Waals surface area contributed by atoms with Gasteiger partial charge in [-0.05, 0) is 61.3 Å². The SMILES string of the molecule is FC(F)(F)c1ccc(Nc2nc(NCC3CCCCN3)nc3sc(Cc4c(Cl)cccc4Cl)nc23)cc1. The zero-order chi connectivity index (χ0) is 26.0. The lowest BCUT2D eigenvalue weighted by Crippen LogP contribution is -2.39. The third-order valence-electron chi connectivity index (χ3n) is 6.09. The van der Waals surface area contributed by atoms with E-state index < -0.39 is 11.7 Å². The lowest BCUT2D eigenvalue weighted by Gasteiger charge is -2.23. The molecule has 2 aromatic heterocycles. The van der Waals surface area contributed by atoms with Crippen LogP contribution in [0.3, 0.4) is 0 Å². The van der Waals surface area contributed by atoms with Crippen molar-refractivity contribution < 1.29 is 13.2 Å². The van der Waals surface area contributed by atoms with Gasteiger partial charge in [-0.1, -0.05) is 47.0 Å². The van der Waals surface area contributed by atoms with Crippen molar-refractivity contribution in [1.82, 2.24) is 20.3 Å². The fourth-order valence-corrected chi connectivity index (χ4v) is 5.63. The molecule has 4 aromatic rings. The Kier molecular flexibility index (Phi) is 7.71. The summed E-state index contributed by atoms with van der Waals surface area (Å²) >= 11 is 14.1. The smallest absolute Gasteiger partial charge is 0.353 e. The van der Waals surface area contributed by atoms with Gasteiger partial charge in [0.25, 0.3) is 0 Å². The second-order valence-corrected chi connectivity index (χ2v) is 10.6. The van der Waals surface area contributed by atoms with Crippen molar-refractivity contribution in [3.63, 3.8) is 0 Å². The summed E-state index contributed by atoms with van der Waals surface area (Å²) in [7, 11) is 0. The van der Waals surface area contributed by atoms with Crippen LogP contribution in [0.4, 0.5) is 30.6 Å². The highest BCUT2D eigenvalue weighted by Gasteiger charge is 2.30. The number of benzene rings is 2. The lowest BCUT2D eigenvalue weighted by molar-refractivity contribution is -0.137. The molecule has 0 radical (unpaired) electrons. The molecule has 194 valence electrons. The van der Waals surface area contributed by atoms with Gasteiger partial charge < -0.3 is 16.0 Å². The van der Waals surface area contributed by atoms with Gasteiger partial charge in [0.15, 0.2) is 10.6 Å². The summed E-state index contributed by atoms with van der Waals surface area (Å²) in [6.07, 6.45) is -0.597. The van der Waals surface area contributed by atoms with Crippen molar-refractivity contribution >= 4 is 62.3 Å². The van der Waals surface area contributed by atoms with Crippen LogP contribution in [0.25, 0.3) is 10.3 Å². The van der Waals surface area contributed by atoms with E-state index in [4.69, 9.17) is 28.2 Å². The number of aromatic nitrogens is 3. The Morgan fingerprint density at radius 2 is 1.76 bits per heavy atom. The fraction of sp³-hybridized carbons (Fsp3) is 0.320. The minimum atomic E-state index is -4.41. The third kappa shape index (κ3) is 6.26. The van der Waals surface area contributed by atoms with Gasteiger partial charge >= 0.3 is 6.18 Å². The average molecular weight is 567 g/mol. The van der Waals surface area contributed by atoms with Crippen LogP contribution in [-0.4, -0.2) is 34.1 Å². The normalized spacial score (nSPS) is 16.2.